The van der Waals surface area contributed by atoms with E-state index in [1.165, 1.54) is 4.68 Å². The largest absolute Gasteiger partial charge is 0.435 e. The minimum Gasteiger partial charge on any atom is -0.354 e. The van der Waals surface area contributed by atoms with Gasteiger partial charge in [-0.2, -0.15) is 36.5 Å². The normalized spacial score (nSPS) is 15.1. The molecule has 0 radical (unpaired) electrons. The molecule has 0 bridgehead atoms. The van der Waals surface area contributed by atoms with Gasteiger partial charge in [0.2, 0.25) is 5.91 Å². The lowest BCUT2D eigenvalue weighted by atomic mass is 10.2. The standard InChI is InChI=1S/C16H17F6N5O/c17-15(18,19)12-4-7-26(24-12)9-14(28)23-5-1-6-27-11(10-2-3-10)8-13(25-27)16(20,21)22/h4,7-8,10H,1-3,5-6,9H2,(H,23,28). The van der Waals surface area contributed by atoms with E-state index < -0.39 is 29.6 Å². The number of aromatic nitrogens is 4. The number of alkyl halides is 6. The van der Waals surface area contributed by atoms with Gasteiger partial charge in [0.1, 0.15) is 6.54 Å². The van der Waals surface area contributed by atoms with Gasteiger partial charge in [0.05, 0.1) is 0 Å². The van der Waals surface area contributed by atoms with Crippen molar-refractivity contribution in [2.24, 2.45) is 0 Å². The molecule has 3 rings (SSSR count). The van der Waals surface area contributed by atoms with Crippen LogP contribution in [0.15, 0.2) is 18.3 Å². The number of amides is 1. The Labute approximate surface area is 155 Å². The number of rotatable bonds is 7. The first-order valence-electron chi connectivity index (χ1n) is 8.56. The summed E-state index contributed by atoms with van der Waals surface area (Å²) in [6, 6.07) is 1.83. The van der Waals surface area contributed by atoms with Crippen molar-refractivity contribution in [3.05, 3.63) is 35.4 Å². The third kappa shape index (κ3) is 5.04. The molecule has 0 unspecified atom stereocenters. The number of carbonyl (C=O) groups excluding carboxylic acids is 1. The molecule has 2 aromatic rings. The molecule has 6 nitrogen and oxygen atoms in total. The minimum atomic E-state index is -4.58. The summed E-state index contributed by atoms with van der Waals surface area (Å²) >= 11 is 0. The fourth-order valence-electron chi connectivity index (χ4n) is 2.72. The Bertz CT molecular complexity index is 833. The highest BCUT2D eigenvalue weighted by molar-refractivity contribution is 5.75. The Kier molecular flexibility index (Phi) is 5.39. The first kappa shape index (κ1) is 20.2. The van der Waals surface area contributed by atoms with Crippen LogP contribution in [0.5, 0.6) is 0 Å². The van der Waals surface area contributed by atoms with Crippen molar-refractivity contribution in [2.75, 3.05) is 6.54 Å². The molecule has 2 heterocycles. The molecule has 12 heteroatoms. The highest BCUT2D eigenvalue weighted by Crippen LogP contribution is 2.42. The summed E-state index contributed by atoms with van der Waals surface area (Å²) in [5.41, 5.74) is -1.49. The molecule has 0 aromatic carbocycles. The zero-order chi connectivity index (χ0) is 20.5. The second kappa shape index (κ2) is 7.47. The van der Waals surface area contributed by atoms with Crippen molar-refractivity contribution in [2.45, 2.75) is 50.6 Å². The minimum absolute atomic E-state index is 0.0841. The van der Waals surface area contributed by atoms with E-state index in [9.17, 15) is 31.1 Å². The van der Waals surface area contributed by atoms with Crippen molar-refractivity contribution < 1.29 is 31.1 Å². The molecule has 0 aliphatic heterocycles. The van der Waals surface area contributed by atoms with Crippen molar-refractivity contribution in [3.63, 3.8) is 0 Å². The Hall–Kier alpha value is -2.53. The molecular formula is C16H17F6N5O. The molecule has 2 aromatic heterocycles. The van der Waals surface area contributed by atoms with E-state index in [4.69, 9.17) is 0 Å². The monoisotopic (exact) mass is 409 g/mol. The quantitative estimate of drug-likeness (QED) is 0.564. The zero-order valence-electron chi connectivity index (χ0n) is 14.5. The second-order valence-corrected chi connectivity index (χ2v) is 6.55. The van der Waals surface area contributed by atoms with E-state index in [1.807, 2.05) is 0 Å². The van der Waals surface area contributed by atoms with Gasteiger partial charge in [0.15, 0.2) is 11.4 Å². The SMILES string of the molecule is O=C(Cn1ccc(C(F)(F)F)n1)NCCCn1nc(C(F)(F)F)cc1C1CC1. The Morgan fingerprint density at radius 1 is 1.11 bits per heavy atom. The number of halogens is 6. The maximum atomic E-state index is 12.8. The summed E-state index contributed by atoms with van der Waals surface area (Å²) in [6.45, 7) is -0.0386. The van der Waals surface area contributed by atoms with Gasteiger partial charge < -0.3 is 5.32 Å². The highest BCUT2D eigenvalue weighted by atomic mass is 19.4. The van der Waals surface area contributed by atoms with Gasteiger partial charge in [-0.05, 0) is 31.4 Å². The van der Waals surface area contributed by atoms with Crippen LogP contribution in [0.4, 0.5) is 26.3 Å². The Balaban J connectivity index is 1.47. The third-order valence-corrected chi connectivity index (χ3v) is 4.20. The zero-order valence-corrected chi connectivity index (χ0v) is 14.5. The first-order valence-corrected chi connectivity index (χ1v) is 8.56. The van der Waals surface area contributed by atoms with E-state index in [1.54, 1.807) is 0 Å². The van der Waals surface area contributed by atoms with Crippen LogP contribution in [-0.4, -0.2) is 32.0 Å². The molecule has 1 aliphatic rings. The number of carbonyl (C=O) groups is 1. The molecule has 1 aliphatic carbocycles. The molecule has 28 heavy (non-hydrogen) atoms. The lowest BCUT2D eigenvalue weighted by Gasteiger charge is -2.08. The van der Waals surface area contributed by atoms with Gasteiger partial charge in [-0.15, -0.1) is 0 Å². The lowest BCUT2D eigenvalue weighted by Crippen LogP contribution is -2.29. The average Bonchev–Trinajstić information content (AvgIpc) is 3.13. The van der Waals surface area contributed by atoms with Crippen LogP contribution in [-0.2, 0) is 30.2 Å². The van der Waals surface area contributed by atoms with Crippen molar-refractivity contribution >= 4 is 5.91 Å². The number of nitrogens with zero attached hydrogens (tertiary/aromatic N) is 4. The van der Waals surface area contributed by atoms with E-state index in [-0.39, 0.29) is 25.6 Å². The predicted octanol–water partition coefficient (Wildman–Crippen LogP) is 3.20. The maximum Gasteiger partial charge on any atom is 0.435 e. The average molecular weight is 409 g/mol. The van der Waals surface area contributed by atoms with Crippen LogP contribution < -0.4 is 5.32 Å². The second-order valence-electron chi connectivity index (χ2n) is 6.55. The number of aryl methyl sites for hydroxylation is 1. The van der Waals surface area contributed by atoms with Crippen LogP contribution in [0.2, 0.25) is 0 Å². The Morgan fingerprint density at radius 2 is 1.79 bits per heavy atom. The van der Waals surface area contributed by atoms with E-state index in [0.717, 1.165) is 35.9 Å². The fraction of sp³-hybridized carbons (Fsp3) is 0.562. The van der Waals surface area contributed by atoms with Crippen molar-refractivity contribution in [3.8, 4) is 0 Å². The smallest absolute Gasteiger partial charge is 0.354 e. The van der Waals surface area contributed by atoms with Gasteiger partial charge >= 0.3 is 12.4 Å². The molecule has 0 spiro atoms. The van der Waals surface area contributed by atoms with Crippen LogP contribution in [0.3, 0.4) is 0 Å². The molecular weight excluding hydrogens is 392 g/mol. The fourth-order valence-corrected chi connectivity index (χ4v) is 2.72. The van der Waals surface area contributed by atoms with Crippen LogP contribution >= 0.6 is 0 Å². The van der Waals surface area contributed by atoms with Crippen molar-refractivity contribution in [1.82, 2.24) is 24.9 Å². The van der Waals surface area contributed by atoms with Crippen LogP contribution in [0.25, 0.3) is 0 Å². The topological polar surface area (TPSA) is 64.7 Å². The maximum absolute atomic E-state index is 12.8. The van der Waals surface area contributed by atoms with Crippen molar-refractivity contribution in [1.29, 1.82) is 0 Å². The van der Waals surface area contributed by atoms with Gasteiger partial charge in [0.25, 0.3) is 0 Å². The van der Waals surface area contributed by atoms with Gasteiger partial charge in [0, 0.05) is 30.9 Å². The molecule has 0 saturated heterocycles. The summed E-state index contributed by atoms with van der Waals surface area (Å²) < 4.78 is 78.1. The number of nitrogens with one attached hydrogen (secondary N) is 1. The van der Waals surface area contributed by atoms with Gasteiger partial charge in [-0.3, -0.25) is 14.2 Å². The van der Waals surface area contributed by atoms with Crippen LogP contribution in [0.1, 0.15) is 42.3 Å². The summed E-state index contributed by atoms with van der Waals surface area (Å²) in [6.07, 6.45) is -6.07. The van der Waals surface area contributed by atoms with E-state index in [2.05, 4.69) is 15.5 Å². The molecule has 1 amide bonds. The summed E-state index contributed by atoms with van der Waals surface area (Å²) in [5, 5.41) is 9.39. The lowest BCUT2D eigenvalue weighted by molar-refractivity contribution is -0.142. The molecule has 1 N–H and O–H groups in total. The van der Waals surface area contributed by atoms with E-state index in [0.29, 0.717) is 12.1 Å². The summed E-state index contributed by atoms with van der Waals surface area (Å²) in [7, 11) is 0. The Morgan fingerprint density at radius 3 is 2.36 bits per heavy atom. The predicted molar refractivity (Wildman–Crippen MR) is 84.1 cm³/mol. The van der Waals surface area contributed by atoms with Gasteiger partial charge in [-0.1, -0.05) is 0 Å². The third-order valence-electron chi connectivity index (χ3n) is 4.20. The molecule has 1 saturated carbocycles. The summed E-state index contributed by atoms with van der Waals surface area (Å²) in [4.78, 5) is 11.8. The number of hydrogen-bond acceptors (Lipinski definition) is 3. The molecule has 154 valence electrons. The molecule has 1 fully saturated rings. The summed E-state index contributed by atoms with van der Waals surface area (Å²) in [5.74, 6) is -0.462. The highest BCUT2D eigenvalue weighted by Gasteiger charge is 2.37. The first-order chi connectivity index (χ1) is 13.0. The van der Waals surface area contributed by atoms with Crippen LogP contribution in [0, 0.1) is 0 Å². The number of hydrogen-bond donors (Lipinski definition) is 1. The van der Waals surface area contributed by atoms with Gasteiger partial charge in [-0.25, -0.2) is 0 Å². The molecule has 0 atom stereocenters. The van der Waals surface area contributed by atoms with E-state index >= 15 is 0 Å².